The average Bonchev–Trinajstić information content (AvgIpc) is 2.98. The Morgan fingerprint density at radius 1 is 1.20 bits per heavy atom. The molecular weight excluding hydrogens is 190 g/mol. The van der Waals surface area contributed by atoms with Gasteiger partial charge in [0.05, 0.1) is 0 Å². The van der Waals surface area contributed by atoms with Gasteiger partial charge in [-0.1, -0.05) is 12.8 Å². The summed E-state index contributed by atoms with van der Waals surface area (Å²) in [6.07, 6.45) is 6.84. The van der Waals surface area contributed by atoms with Gasteiger partial charge in [-0.25, -0.2) is 0 Å². The zero-order valence-corrected chi connectivity index (χ0v) is 9.24. The van der Waals surface area contributed by atoms with Crippen LogP contribution in [-0.2, 0) is 4.79 Å². The van der Waals surface area contributed by atoms with Crippen LogP contribution in [0.25, 0.3) is 0 Å². The van der Waals surface area contributed by atoms with Crippen molar-refractivity contribution in [2.45, 2.75) is 38.5 Å². The fraction of sp³-hybridized carbons (Fsp3) is 0.917. The van der Waals surface area contributed by atoms with Crippen LogP contribution < -0.4 is 5.32 Å². The molecule has 15 heavy (non-hydrogen) atoms. The first-order chi connectivity index (χ1) is 7.34. The van der Waals surface area contributed by atoms with E-state index in [-0.39, 0.29) is 12.5 Å². The zero-order valence-electron chi connectivity index (χ0n) is 9.24. The van der Waals surface area contributed by atoms with Gasteiger partial charge in [0, 0.05) is 19.1 Å². The van der Waals surface area contributed by atoms with Crippen molar-refractivity contribution in [3.05, 3.63) is 0 Å². The second kappa shape index (κ2) is 4.97. The SMILES string of the molecule is O=C(NCCCCO)C1C2CCCCC21. The lowest BCUT2D eigenvalue weighted by Gasteiger charge is -2.04. The summed E-state index contributed by atoms with van der Waals surface area (Å²) < 4.78 is 0. The lowest BCUT2D eigenvalue weighted by atomic mass is 10.0. The number of rotatable bonds is 5. The van der Waals surface area contributed by atoms with E-state index in [1.807, 2.05) is 0 Å². The quantitative estimate of drug-likeness (QED) is 0.674. The Labute approximate surface area is 91.2 Å². The molecule has 0 aromatic carbocycles. The average molecular weight is 211 g/mol. The van der Waals surface area contributed by atoms with E-state index in [0.29, 0.717) is 17.8 Å². The molecule has 0 spiro atoms. The van der Waals surface area contributed by atoms with Crippen molar-refractivity contribution >= 4 is 5.91 Å². The molecule has 2 aliphatic carbocycles. The van der Waals surface area contributed by atoms with E-state index in [9.17, 15) is 4.79 Å². The number of amides is 1. The number of aliphatic hydroxyl groups excluding tert-OH is 1. The van der Waals surface area contributed by atoms with Gasteiger partial charge >= 0.3 is 0 Å². The number of fused-ring (bicyclic) bond motifs is 1. The summed E-state index contributed by atoms with van der Waals surface area (Å²) in [6, 6.07) is 0. The number of unbranched alkanes of at least 4 members (excludes halogenated alkanes) is 1. The van der Waals surface area contributed by atoms with Gasteiger partial charge < -0.3 is 10.4 Å². The molecule has 1 amide bonds. The summed E-state index contributed by atoms with van der Waals surface area (Å²) in [5, 5.41) is 11.6. The predicted octanol–water partition coefficient (Wildman–Crippen LogP) is 1.31. The number of nitrogens with one attached hydrogen (secondary N) is 1. The molecular formula is C12H21NO2. The fourth-order valence-electron chi connectivity index (χ4n) is 2.95. The first-order valence-corrected chi connectivity index (χ1v) is 6.23. The van der Waals surface area contributed by atoms with E-state index in [4.69, 9.17) is 5.11 Å². The Bertz CT molecular complexity index is 218. The highest BCUT2D eigenvalue weighted by atomic mass is 16.2. The van der Waals surface area contributed by atoms with Crippen LogP contribution in [0, 0.1) is 17.8 Å². The fourth-order valence-corrected chi connectivity index (χ4v) is 2.95. The minimum atomic E-state index is 0.227. The van der Waals surface area contributed by atoms with E-state index in [1.54, 1.807) is 0 Å². The van der Waals surface area contributed by atoms with Crippen LogP contribution in [0.1, 0.15) is 38.5 Å². The number of hydrogen-bond acceptors (Lipinski definition) is 2. The summed E-state index contributed by atoms with van der Waals surface area (Å²) >= 11 is 0. The standard InChI is InChI=1S/C12H21NO2/c14-8-4-3-7-13-12(15)11-9-5-1-2-6-10(9)11/h9-11,14H,1-8H2,(H,13,15). The lowest BCUT2D eigenvalue weighted by Crippen LogP contribution is -2.27. The number of aliphatic hydroxyl groups is 1. The van der Waals surface area contributed by atoms with E-state index in [1.165, 1.54) is 25.7 Å². The smallest absolute Gasteiger partial charge is 0.223 e. The Morgan fingerprint density at radius 2 is 1.87 bits per heavy atom. The third-order valence-corrected chi connectivity index (χ3v) is 3.84. The van der Waals surface area contributed by atoms with Crippen LogP contribution in [0.2, 0.25) is 0 Å². The molecule has 2 N–H and O–H groups in total. The topological polar surface area (TPSA) is 49.3 Å². The molecule has 2 fully saturated rings. The van der Waals surface area contributed by atoms with Crippen molar-refractivity contribution < 1.29 is 9.90 Å². The molecule has 2 unspecified atom stereocenters. The molecule has 86 valence electrons. The second-order valence-electron chi connectivity index (χ2n) is 4.86. The van der Waals surface area contributed by atoms with Crippen molar-refractivity contribution in [1.82, 2.24) is 5.32 Å². The maximum absolute atomic E-state index is 11.8. The zero-order chi connectivity index (χ0) is 10.7. The molecule has 0 heterocycles. The Hall–Kier alpha value is -0.570. The second-order valence-corrected chi connectivity index (χ2v) is 4.86. The van der Waals surface area contributed by atoms with Gasteiger partial charge in [-0.05, 0) is 37.5 Å². The Balaban J connectivity index is 1.64. The summed E-state index contributed by atoms with van der Waals surface area (Å²) in [6.45, 7) is 0.958. The van der Waals surface area contributed by atoms with Crippen LogP contribution in [0.3, 0.4) is 0 Å². The van der Waals surface area contributed by atoms with Gasteiger partial charge in [0.1, 0.15) is 0 Å². The van der Waals surface area contributed by atoms with E-state index >= 15 is 0 Å². The largest absolute Gasteiger partial charge is 0.396 e. The van der Waals surface area contributed by atoms with Crippen LogP contribution in [0.4, 0.5) is 0 Å². The third-order valence-electron chi connectivity index (χ3n) is 3.84. The minimum Gasteiger partial charge on any atom is -0.396 e. The number of carbonyl (C=O) groups excluding carboxylic acids is 1. The van der Waals surface area contributed by atoms with Crippen LogP contribution in [0.15, 0.2) is 0 Å². The third kappa shape index (κ3) is 2.51. The molecule has 2 atom stereocenters. The van der Waals surface area contributed by atoms with Gasteiger partial charge in [-0.3, -0.25) is 4.79 Å². The molecule has 0 saturated heterocycles. The van der Waals surface area contributed by atoms with Crippen molar-refractivity contribution in [3.8, 4) is 0 Å². The summed E-state index contributed by atoms with van der Waals surface area (Å²) in [7, 11) is 0. The Morgan fingerprint density at radius 3 is 2.47 bits per heavy atom. The first-order valence-electron chi connectivity index (χ1n) is 6.23. The number of carbonyl (C=O) groups is 1. The van der Waals surface area contributed by atoms with Crippen LogP contribution in [-0.4, -0.2) is 24.2 Å². The van der Waals surface area contributed by atoms with Gasteiger partial charge in [0.2, 0.25) is 5.91 Å². The van der Waals surface area contributed by atoms with Crippen LogP contribution in [0.5, 0.6) is 0 Å². The van der Waals surface area contributed by atoms with Gasteiger partial charge in [-0.15, -0.1) is 0 Å². The van der Waals surface area contributed by atoms with Crippen molar-refractivity contribution in [2.75, 3.05) is 13.2 Å². The normalized spacial score (nSPS) is 33.3. The van der Waals surface area contributed by atoms with Crippen molar-refractivity contribution in [3.63, 3.8) is 0 Å². The van der Waals surface area contributed by atoms with Gasteiger partial charge in [0.15, 0.2) is 0 Å². The monoisotopic (exact) mass is 211 g/mol. The molecule has 0 aromatic rings. The Kier molecular flexibility index (Phi) is 3.62. The highest BCUT2D eigenvalue weighted by Gasteiger charge is 2.54. The van der Waals surface area contributed by atoms with E-state index in [0.717, 1.165) is 19.4 Å². The van der Waals surface area contributed by atoms with Crippen molar-refractivity contribution in [2.24, 2.45) is 17.8 Å². The molecule has 2 saturated carbocycles. The van der Waals surface area contributed by atoms with Crippen molar-refractivity contribution in [1.29, 1.82) is 0 Å². The maximum atomic E-state index is 11.8. The van der Waals surface area contributed by atoms with Gasteiger partial charge in [-0.2, -0.15) is 0 Å². The summed E-state index contributed by atoms with van der Waals surface area (Å²) in [5.74, 6) is 2.01. The molecule has 0 aliphatic heterocycles. The molecule has 2 aliphatic rings. The molecule has 0 aromatic heterocycles. The minimum absolute atomic E-state index is 0.227. The van der Waals surface area contributed by atoms with E-state index < -0.39 is 0 Å². The number of hydrogen-bond donors (Lipinski definition) is 2. The molecule has 2 rings (SSSR count). The highest BCUT2D eigenvalue weighted by molar-refractivity contribution is 5.82. The molecule has 0 radical (unpaired) electrons. The van der Waals surface area contributed by atoms with E-state index in [2.05, 4.69) is 5.32 Å². The van der Waals surface area contributed by atoms with Crippen LogP contribution >= 0.6 is 0 Å². The van der Waals surface area contributed by atoms with Gasteiger partial charge in [0.25, 0.3) is 0 Å². The molecule has 3 nitrogen and oxygen atoms in total. The summed E-state index contributed by atoms with van der Waals surface area (Å²) in [5.41, 5.74) is 0. The summed E-state index contributed by atoms with van der Waals surface area (Å²) in [4.78, 5) is 11.8. The molecule has 0 bridgehead atoms. The first kappa shape index (κ1) is 10.9. The predicted molar refractivity (Wildman–Crippen MR) is 58.3 cm³/mol. The lowest BCUT2D eigenvalue weighted by molar-refractivity contribution is -0.122. The molecule has 3 heteroatoms. The highest BCUT2D eigenvalue weighted by Crippen LogP contribution is 2.55. The maximum Gasteiger partial charge on any atom is 0.223 e.